The van der Waals surface area contributed by atoms with Gasteiger partial charge < -0.3 is 15.0 Å². The number of hydrogen-bond donors (Lipinski definition) is 2. The summed E-state index contributed by atoms with van der Waals surface area (Å²) >= 11 is 11.7. The maximum absolute atomic E-state index is 12.5. The molecule has 7 heteroatoms. The van der Waals surface area contributed by atoms with Crippen LogP contribution in [0.15, 0.2) is 47.3 Å². The van der Waals surface area contributed by atoms with Gasteiger partial charge in [0.05, 0.1) is 5.52 Å². The number of halogens is 2. The number of rotatable bonds is 2. The molecule has 0 atom stereocenters. The fraction of sp³-hybridized carbons (Fsp3) is 0.0588. The first-order valence-electron chi connectivity index (χ1n) is 6.96. The summed E-state index contributed by atoms with van der Waals surface area (Å²) in [5.74, 6) is -1.11. The smallest absolute Gasteiger partial charge is 0.267 e. The van der Waals surface area contributed by atoms with Crippen molar-refractivity contribution in [1.29, 1.82) is 0 Å². The Morgan fingerprint density at radius 1 is 1.08 bits per heavy atom. The number of nitrogens with zero attached hydrogens (tertiary/aromatic N) is 1. The van der Waals surface area contributed by atoms with Crippen LogP contribution >= 0.6 is 23.2 Å². The van der Waals surface area contributed by atoms with Crippen molar-refractivity contribution in [3.05, 3.63) is 68.4 Å². The number of carbonyl (C=O) groups excluding carboxylic acids is 1. The predicted octanol–water partition coefficient (Wildman–Crippen LogP) is 3.80. The summed E-state index contributed by atoms with van der Waals surface area (Å²) in [6.07, 6.45) is 0. The lowest BCUT2D eigenvalue weighted by atomic mass is 10.1. The highest BCUT2D eigenvalue weighted by Crippen LogP contribution is 2.29. The second-order valence-corrected chi connectivity index (χ2v) is 6.08. The van der Waals surface area contributed by atoms with Crippen molar-refractivity contribution < 1.29 is 9.90 Å². The second-order valence-electron chi connectivity index (χ2n) is 5.21. The molecular formula is C17H12Cl2N2O3. The summed E-state index contributed by atoms with van der Waals surface area (Å²) in [6, 6.07) is 11.1. The molecule has 0 aliphatic heterocycles. The van der Waals surface area contributed by atoms with E-state index in [4.69, 9.17) is 23.2 Å². The lowest BCUT2D eigenvalue weighted by molar-refractivity contribution is 0.102. The Labute approximate surface area is 147 Å². The van der Waals surface area contributed by atoms with Crippen molar-refractivity contribution in [1.82, 2.24) is 4.57 Å². The number of nitrogens with one attached hydrogen (secondary N) is 1. The first-order chi connectivity index (χ1) is 11.4. The molecule has 0 bridgehead atoms. The third kappa shape index (κ3) is 2.84. The quantitative estimate of drug-likeness (QED) is 0.728. The molecule has 24 heavy (non-hydrogen) atoms. The number of hydrogen-bond acceptors (Lipinski definition) is 3. The molecule has 1 aromatic heterocycles. The number of aryl methyl sites for hydroxylation is 1. The second kappa shape index (κ2) is 6.19. The van der Waals surface area contributed by atoms with Crippen LogP contribution in [0, 0.1) is 0 Å². The Hall–Kier alpha value is -2.50. The van der Waals surface area contributed by atoms with Gasteiger partial charge in [-0.2, -0.15) is 0 Å². The molecule has 0 unspecified atom stereocenters. The van der Waals surface area contributed by atoms with Gasteiger partial charge in [0.2, 0.25) is 0 Å². The van der Waals surface area contributed by atoms with Gasteiger partial charge in [0.15, 0.2) is 0 Å². The van der Waals surface area contributed by atoms with Crippen LogP contribution in [0.5, 0.6) is 5.75 Å². The Kier molecular flexibility index (Phi) is 4.22. The number of pyridine rings is 1. The van der Waals surface area contributed by atoms with Crippen molar-refractivity contribution >= 4 is 45.7 Å². The van der Waals surface area contributed by atoms with E-state index >= 15 is 0 Å². The average molecular weight is 363 g/mol. The molecule has 0 saturated carbocycles. The van der Waals surface area contributed by atoms with Crippen LogP contribution in [0.2, 0.25) is 10.0 Å². The maximum atomic E-state index is 12.5. The summed E-state index contributed by atoms with van der Waals surface area (Å²) in [6.45, 7) is 0. The number of benzene rings is 2. The van der Waals surface area contributed by atoms with E-state index in [1.54, 1.807) is 36.4 Å². The number of amides is 1. The molecule has 3 rings (SSSR count). The molecule has 2 N–H and O–H groups in total. The first kappa shape index (κ1) is 16.4. The summed E-state index contributed by atoms with van der Waals surface area (Å²) in [5.41, 5.74) is -0.0158. The standard InChI is InChI=1S/C17H12Cl2N2O3/c1-21-13-7-4-10(19)8-12(13)15(22)14(17(21)24)16(23)20-11-5-2-9(18)3-6-11/h2-8,22H,1H3,(H,20,23). The van der Waals surface area contributed by atoms with Crippen LogP contribution in [0.4, 0.5) is 5.69 Å². The van der Waals surface area contributed by atoms with Crippen LogP contribution in [0.25, 0.3) is 10.9 Å². The van der Waals surface area contributed by atoms with Gasteiger partial charge in [-0.05, 0) is 42.5 Å². The summed E-state index contributed by atoms with van der Waals surface area (Å²) < 4.78 is 1.29. The van der Waals surface area contributed by atoms with Gasteiger partial charge in [-0.15, -0.1) is 0 Å². The van der Waals surface area contributed by atoms with Crippen LogP contribution in [-0.4, -0.2) is 15.6 Å². The molecule has 0 fully saturated rings. The zero-order chi connectivity index (χ0) is 17.4. The topological polar surface area (TPSA) is 71.3 Å². The van der Waals surface area contributed by atoms with Gasteiger partial charge >= 0.3 is 0 Å². The van der Waals surface area contributed by atoms with Gasteiger partial charge in [-0.1, -0.05) is 23.2 Å². The number of carbonyl (C=O) groups is 1. The van der Waals surface area contributed by atoms with E-state index in [1.165, 1.54) is 17.7 Å². The van der Waals surface area contributed by atoms with E-state index in [-0.39, 0.29) is 5.56 Å². The minimum Gasteiger partial charge on any atom is -0.506 e. The van der Waals surface area contributed by atoms with E-state index in [0.29, 0.717) is 26.6 Å². The minimum absolute atomic E-state index is 0.325. The number of anilines is 1. The number of aromatic hydroxyl groups is 1. The van der Waals surface area contributed by atoms with Gasteiger partial charge in [0.1, 0.15) is 11.3 Å². The van der Waals surface area contributed by atoms with Crippen molar-refractivity contribution in [3.63, 3.8) is 0 Å². The largest absolute Gasteiger partial charge is 0.506 e. The average Bonchev–Trinajstić information content (AvgIpc) is 2.55. The molecule has 3 aromatic rings. The van der Waals surface area contributed by atoms with Gasteiger partial charge in [0, 0.05) is 28.2 Å². The van der Waals surface area contributed by atoms with Crippen LogP contribution in [0.1, 0.15) is 10.4 Å². The molecule has 0 saturated heterocycles. The Morgan fingerprint density at radius 3 is 2.38 bits per heavy atom. The molecule has 0 spiro atoms. The predicted molar refractivity (Wildman–Crippen MR) is 95.3 cm³/mol. The third-order valence-electron chi connectivity index (χ3n) is 3.66. The molecule has 0 aliphatic carbocycles. The Balaban J connectivity index is 2.13. The van der Waals surface area contributed by atoms with Crippen molar-refractivity contribution in [2.24, 2.45) is 7.05 Å². The SMILES string of the molecule is Cn1c(=O)c(C(=O)Nc2ccc(Cl)cc2)c(O)c2cc(Cl)ccc21. The van der Waals surface area contributed by atoms with Crippen LogP contribution in [0.3, 0.4) is 0 Å². The lowest BCUT2D eigenvalue weighted by Gasteiger charge is -2.12. The van der Waals surface area contributed by atoms with E-state index in [9.17, 15) is 14.7 Å². The number of fused-ring (bicyclic) bond motifs is 1. The maximum Gasteiger partial charge on any atom is 0.267 e. The zero-order valence-electron chi connectivity index (χ0n) is 12.5. The zero-order valence-corrected chi connectivity index (χ0v) is 14.0. The lowest BCUT2D eigenvalue weighted by Crippen LogP contribution is -2.28. The van der Waals surface area contributed by atoms with Crippen LogP contribution < -0.4 is 10.9 Å². The van der Waals surface area contributed by atoms with Crippen molar-refractivity contribution in [2.45, 2.75) is 0 Å². The first-order valence-corrected chi connectivity index (χ1v) is 7.72. The van der Waals surface area contributed by atoms with E-state index < -0.39 is 17.2 Å². The molecule has 1 heterocycles. The van der Waals surface area contributed by atoms with E-state index in [2.05, 4.69) is 5.32 Å². The Bertz CT molecular complexity index is 1010. The molecule has 2 aromatic carbocycles. The highest BCUT2D eigenvalue weighted by atomic mass is 35.5. The van der Waals surface area contributed by atoms with Crippen molar-refractivity contribution in [2.75, 3.05) is 5.32 Å². The fourth-order valence-corrected chi connectivity index (χ4v) is 2.73. The summed E-state index contributed by atoms with van der Waals surface area (Å²) in [5, 5.41) is 14.2. The highest BCUT2D eigenvalue weighted by Gasteiger charge is 2.21. The summed E-state index contributed by atoms with van der Waals surface area (Å²) in [7, 11) is 1.52. The molecule has 1 amide bonds. The molecule has 5 nitrogen and oxygen atoms in total. The fourth-order valence-electron chi connectivity index (χ4n) is 2.43. The molecule has 122 valence electrons. The monoisotopic (exact) mass is 362 g/mol. The van der Waals surface area contributed by atoms with Crippen molar-refractivity contribution in [3.8, 4) is 5.75 Å². The normalized spacial score (nSPS) is 10.8. The highest BCUT2D eigenvalue weighted by molar-refractivity contribution is 6.31. The van der Waals surface area contributed by atoms with Crippen LogP contribution in [-0.2, 0) is 7.05 Å². The van der Waals surface area contributed by atoms with Gasteiger partial charge in [-0.3, -0.25) is 9.59 Å². The number of aromatic nitrogens is 1. The molecular weight excluding hydrogens is 351 g/mol. The van der Waals surface area contributed by atoms with E-state index in [0.717, 1.165) is 0 Å². The van der Waals surface area contributed by atoms with Gasteiger partial charge in [-0.25, -0.2) is 0 Å². The minimum atomic E-state index is -0.711. The Morgan fingerprint density at radius 2 is 1.71 bits per heavy atom. The third-order valence-corrected chi connectivity index (χ3v) is 4.15. The molecule has 0 aliphatic rings. The van der Waals surface area contributed by atoms with E-state index in [1.807, 2.05) is 0 Å². The van der Waals surface area contributed by atoms with Gasteiger partial charge in [0.25, 0.3) is 11.5 Å². The molecule has 0 radical (unpaired) electrons. The summed E-state index contributed by atoms with van der Waals surface area (Å²) in [4.78, 5) is 24.9.